The number of amides is 1. The van der Waals surface area contributed by atoms with E-state index < -0.39 is 0 Å². The number of rotatable bonds is 4. The lowest BCUT2D eigenvalue weighted by atomic mass is 10.1. The molecule has 0 bridgehead atoms. The summed E-state index contributed by atoms with van der Waals surface area (Å²) in [5.74, 6) is -0.107. The smallest absolute Gasteiger partial charge is 0.255 e. The fourth-order valence-corrected chi connectivity index (χ4v) is 3.30. The number of nitrogens with zero attached hydrogens (tertiary/aromatic N) is 1. The van der Waals surface area contributed by atoms with E-state index in [0.717, 1.165) is 41.8 Å². The van der Waals surface area contributed by atoms with Gasteiger partial charge in [0.1, 0.15) is 0 Å². The topological polar surface area (TPSA) is 57.4 Å². The summed E-state index contributed by atoms with van der Waals surface area (Å²) in [6.07, 6.45) is 3.23. The van der Waals surface area contributed by atoms with Crippen LogP contribution in [0.1, 0.15) is 16.8 Å². The van der Waals surface area contributed by atoms with Gasteiger partial charge in [-0.05, 0) is 54.3 Å². The van der Waals surface area contributed by atoms with Gasteiger partial charge in [-0.1, -0.05) is 6.07 Å². The van der Waals surface area contributed by atoms with E-state index >= 15 is 0 Å². The fraction of sp³-hybridized carbons (Fsp3) is 0.250. The number of benzene rings is 2. The Hall–Kier alpha value is -2.79. The molecule has 2 N–H and O–H groups in total. The second-order valence-corrected chi connectivity index (χ2v) is 6.37. The summed E-state index contributed by atoms with van der Waals surface area (Å²) in [6, 6.07) is 15.6. The van der Waals surface area contributed by atoms with Gasteiger partial charge in [-0.15, -0.1) is 0 Å². The minimum absolute atomic E-state index is 0.107. The summed E-state index contributed by atoms with van der Waals surface area (Å²) < 4.78 is 5.41. The molecule has 0 unspecified atom stereocenters. The zero-order chi connectivity index (χ0) is 17.2. The van der Waals surface area contributed by atoms with Crippen molar-refractivity contribution in [2.24, 2.45) is 0 Å². The van der Waals surface area contributed by atoms with Gasteiger partial charge in [-0.25, -0.2) is 0 Å². The quantitative estimate of drug-likeness (QED) is 0.765. The average molecular weight is 335 g/mol. The molecule has 0 spiro atoms. The van der Waals surface area contributed by atoms with Crippen LogP contribution < -0.4 is 10.2 Å². The lowest BCUT2D eigenvalue weighted by Crippen LogP contribution is -2.22. The summed E-state index contributed by atoms with van der Waals surface area (Å²) in [4.78, 5) is 17.9. The normalized spacial score (nSPS) is 17.2. The molecule has 0 aliphatic carbocycles. The van der Waals surface area contributed by atoms with Crippen molar-refractivity contribution < 1.29 is 9.53 Å². The van der Waals surface area contributed by atoms with Gasteiger partial charge in [0.25, 0.3) is 5.91 Å². The van der Waals surface area contributed by atoms with Crippen LogP contribution in [0, 0.1) is 0 Å². The van der Waals surface area contributed by atoms with Crippen LogP contribution in [0.5, 0.6) is 0 Å². The minimum Gasteiger partial charge on any atom is -0.380 e. The number of nitrogens with one attached hydrogen (secondary N) is 2. The highest BCUT2D eigenvalue weighted by Gasteiger charge is 2.22. The van der Waals surface area contributed by atoms with Crippen LogP contribution in [-0.4, -0.2) is 37.2 Å². The van der Waals surface area contributed by atoms with E-state index in [-0.39, 0.29) is 5.91 Å². The van der Waals surface area contributed by atoms with Gasteiger partial charge < -0.3 is 19.9 Å². The molecule has 5 nitrogen and oxygen atoms in total. The Bertz CT molecular complexity index is 885. The van der Waals surface area contributed by atoms with Crippen LogP contribution in [0.2, 0.25) is 0 Å². The molecule has 25 heavy (non-hydrogen) atoms. The van der Waals surface area contributed by atoms with Crippen molar-refractivity contribution in [2.45, 2.75) is 12.5 Å². The highest BCUT2D eigenvalue weighted by atomic mass is 16.5. The zero-order valence-electron chi connectivity index (χ0n) is 14.2. The lowest BCUT2D eigenvalue weighted by Gasteiger charge is -2.18. The minimum atomic E-state index is -0.107. The van der Waals surface area contributed by atoms with Crippen LogP contribution in [-0.2, 0) is 4.74 Å². The molecule has 1 atom stereocenters. The zero-order valence-corrected chi connectivity index (χ0v) is 14.2. The first-order valence-electron chi connectivity index (χ1n) is 8.49. The molecule has 128 valence electrons. The number of aromatic amines is 1. The second-order valence-electron chi connectivity index (χ2n) is 6.37. The first-order chi connectivity index (χ1) is 12.2. The molecule has 1 aromatic heterocycles. The summed E-state index contributed by atoms with van der Waals surface area (Å²) in [6.45, 7) is 1.92. The number of hydrogen-bond acceptors (Lipinski definition) is 3. The Morgan fingerprint density at radius 1 is 1.20 bits per heavy atom. The number of ether oxygens (including phenoxy) is 1. The summed E-state index contributed by atoms with van der Waals surface area (Å²) in [7, 11) is 1.76. The number of hydrogen-bond donors (Lipinski definition) is 2. The highest BCUT2D eigenvalue weighted by Crippen LogP contribution is 2.24. The third kappa shape index (κ3) is 3.23. The van der Waals surface area contributed by atoms with Crippen molar-refractivity contribution in [1.29, 1.82) is 0 Å². The molecule has 1 aliphatic rings. The van der Waals surface area contributed by atoms with Crippen LogP contribution in [0.15, 0.2) is 54.7 Å². The molecule has 4 rings (SSSR count). The van der Waals surface area contributed by atoms with Gasteiger partial charge in [0, 0.05) is 48.9 Å². The molecule has 3 aromatic rings. The molecule has 2 heterocycles. The number of methoxy groups -OCH3 is 1. The van der Waals surface area contributed by atoms with Crippen molar-refractivity contribution in [2.75, 3.05) is 30.4 Å². The van der Waals surface area contributed by atoms with Crippen molar-refractivity contribution >= 4 is 28.2 Å². The maximum Gasteiger partial charge on any atom is 0.255 e. The van der Waals surface area contributed by atoms with E-state index in [4.69, 9.17) is 4.74 Å². The monoisotopic (exact) mass is 335 g/mol. The standard InChI is InChI=1S/C20H21N3O2/c1-25-18-9-11-23(13-18)17-6-4-16(5-7-17)22-20(24)15-3-2-14-8-10-21-19(14)12-15/h2-8,10,12,18,21H,9,11,13H2,1H3,(H,22,24)/t18-/m0/s1. The SMILES string of the molecule is CO[C@H]1CCN(c2ccc(NC(=O)c3ccc4cc[nH]c4c3)cc2)C1. The summed E-state index contributed by atoms with van der Waals surface area (Å²) in [5.41, 5.74) is 3.56. The summed E-state index contributed by atoms with van der Waals surface area (Å²) in [5, 5.41) is 4.05. The first-order valence-corrected chi connectivity index (χ1v) is 8.49. The number of anilines is 2. The van der Waals surface area contributed by atoms with Gasteiger partial charge in [-0.3, -0.25) is 4.79 Å². The molecular formula is C20H21N3O2. The van der Waals surface area contributed by atoms with Crippen molar-refractivity contribution in [3.63, 3.8) is 0 Å². The molecule has 0 saturated carbocycles. The number of fused-ring (bicyclic) bond motifs is 1. The van der Waals surface area contributed by atoms with E-state index in [1.165, 1.54) is 0 Å². The van der Waals surface area contributed by atoms with Crippen molar-refractivity contribution in [3.05, 3.63) is 60.3 Å². The van der Waals surface area contributed by atoms with E-state index in [1.807, 2.05) is 54.7 Å². The number of aromatic nitrogens is 1. The average Bonchev–Trinajstić information content (AvgIpc) is 3.30. The van der Waals surface area contributed by atoms with E-state index in [1.54, 1.807) is 7.11 Å². The third-order valence-electron chi connectivity index (χ3n) is 4.79. The number of carbonyl (C=O) groups is 1. The Morgan fingerprint density at radius 2 is 2.04 bits per heavy atom. The van der Waals surface area contributed by atoms with E-state index in [0.29, 0.717) is 11.7 Å². The molecule has 2 aromatic carbocycles. The van der Waals surface area contributed by atoms with Crippen LogP contribution in [0.25, 0.3) is 10.9 Å². The molecule has 1 aliphatic heterocycles. The molecule has 1 amide bonds. The fourth-order valence-electron chi connectivity index (χ4n) is 3.30. The van der Waals surface area contributed by atoms with Gasteiger partial charge in [-0.2, -0.15) is 0 Å². The molecule has 1 fully saturated rings. The molecular weight excluding hydrogens is 314 g/mol. The number of carbonyl (C=O) groups excluding carboxylic acids is 1. The Morgan fingerprint density at radius 3 is 2.80 bits per heavy atom. The molecule has 1 saturated heterocycles. The first kappa shape index (κ1) is 15.7. The predicted molar refractivity (Wildman–Crippen MR) is 100 cm³/mol. The van der Waals surface area contributed by atoms with E-state index in [2.05, 4.69) is 15.2 Å². The Balaban J connectivity index is 1.44. The van der Waals surface area contributed by atoms with Crippen LogP contribution in [0.3, 0.4) is 0 Å². The van der Waals surface area contributed by atoms with Crippen molar-refractivity contribution in [3.8, 4) is 0 Å². The highest BCUT2D eigenvalue weighted by molar-refractivity contribution is 6.06. The molecule has 5 heteroatoms. The Kier molecular flexibility index (Phi) is 4.15. The number of H-pyrrole nitrogens is 1. The van der Waals surface area contributed by atoms with Crippen molar-refractivity contribution in [1.82, 2.24) is 4.98 Å². The maximum absolute atomic E-state index is 12.5. The van der Waals surface area contributed by atoms with Crippen LogP contribution >= 0.6 is 0 Å². The van der Waals surface area contributed by atoms with Crippen LogP contribution in [0.4, 0.5) is 11.4 Å². The lowest BCUT2D eigenvalue weighted by molar-refractivity contribution is 0.102. The largest absolute Gasteiger partial charge is 0.380 e. The van der Waals surface area contributed by atoms with Gasteiger partial charge in [0.15, 0.2) is 0 Å². The van der Waals surface area contributed by atoms with E-state index in [9.17, 15) is 4.79 Å². The summed E-state index contributed by atoms with van der Waals surface area (Å²) >= 11 is 0. The Labute approximate surface area is 146 Å². The van der Waals surface area contributed by atoms with Gasteiger partial charge in [0.2, 0.25) is 0 Å². The van der Waals surface area contributed by atoms with Gasteiger partial charge in [0.05, 0.1) is 6.10 Å². The predicted octanol–water partition coefficient (Wildman–Crippen LogP) is 3.65. The maximum atomic E-state index is 12.5. The molecule has 0 radical (unpaired) electrons. The third-order valence-corrected chi connectivity index (χ3v) is 4.79. The van der Waals surface area contributed by atoms with Gasteiger partial charge >= 0.3 is 0 Å². The second kappa shape index (κ2) is 6.61.